The third kappa shape index (κ3) is 3.65. The van der Waals surface area contributed by atoms with Crippen molar-refractivity contribution in [3.05, 3.63) is 58.4 Å². The first-order valence-corrected chi connectivity index (χ1v) is 6.22. The lowest BCUT2D eigenvalue weighted by Crippen LogP contribution is -2.09. The molecule has 0 aliphatic carbocycles. The van der Waals surface area contributed by atoms with Crippen molar-refractivity contribution in [2.75, 3.05) is 0 Å². The Morgan fingerprint density at radius 2 is 1.71 bits per heavy atom. The SMILES string of the molecule is NCc1ccc(Oc2ccc(F)cc2Cl)c(C(F)(F)F)c1. The molecule has 0 saturated carbocycles. The molecular formula is C14H10ClF4NO. The molecule has 0 saturated heterocycles. The van der Waals surface area contributed by atoms with E-state index < -0.39 is 23.3 Å². The molecule has 112 valence electrons. The van der Waals surface area contributed by atoms with Gasteiger partial charge in [0.25, 0.3) is 0 Å². The summed E-state index contributed by atoms with van der Waals surface area (Å²) in [6.45, 7) is -0.0271. The number of alkyl halides is 3. The molecule has 2 aromatic carbocycles. The molecule has 2 aromatic rings. The molecule has 0 unspecified atom stereocenters. The van der Waals surface area contributed by atoms with Gasteiger partial charge in [-0.2, -0.15) is 13.2 Å². The maximum Gasteiger partial charge on any atom is 0.419 e. The van der Waals surface area contributed by atoms with Crippen LogP contribution in [0.3, 0.4) is 0 Å². The van der Waals surface area contributed by atoms with Gasteiger partial charge in [0.05, 0.1) is 10.6 Å². The molecule has 2 N–H and O–H groups in total. The first-order chi connectivity index (χ1) is 9.81. The molecule has 0 radical (unpaired) electrons. The van der Waals surface area contributed by atoms with E-state index in [1.165, 1.54) is 6.07 Å². The third-order valence-corrected chi connectivity index (χ3v) is 2.99. The fourth-order valence-electron chi connectivity index (χ4n) is 1.69. The van der Waals surface area contributed by atoms with E-state index >= 15 is 0 Å². The summed E-state index contributed by atoms with van der Waals surface area (Å²) >= 11 is 5.74. The van der Waals surface area contributed by atoms with Crippen LogP contribution in [0.25, 0.3) is 0 Å². The number of rotatable bonds is 3. The minimum absolute atomic E-state index is 0.0271. The smallest absolute Gasteiger partial charge is 0.419 e. The van der Waals surface area contributed by atoms with Crippen molar-refractivity contribution in [2.45, 2.75) is 12.7 Å². The van der Waals surface area contributed by atoms with Crippen LogP contribution in [-0.4, -0.2) is 0 Å². The van der Waals surface area contributed by atoms with Crippen LogP contribution in [-0.2, 0) is 12.7 Å². The van der Waals surface area contributed by atoms with Crippen molar-refractivity contribution >= 4 is 11.6 Å². The second-order valence-electron chi connectivity index (χ2n) is 4.21. The van der Waals surface area contributed by atoms with Crippen molar-refractivity contribution < 1.29 is 22.3 Å². The zero-order chi connectivity index (χ0) is 15.6. The molecule has 2 nitrogen and oxygen atoms in total. The van der Waals surface area contributed by atoms with Gasteiger partial charge in [0, 0.05) is 6.54 Å². The van der Waals surface area contributed by atoms with Crippen LogP contribution in [0.5, 0.6) is 11.5 Å². The van der Waals surface area contributed by atoms with Gasteiger partial charge in [0.15, 0.2) is 0 Å². The van der Waals surface area contributed by atoms with Crippen molar-refractivity contribution in [1.29, 1.82) is 0 Å². The largest absolute Gasteiger partial charge is 0.455 e. The van der Waals surface area contributed by atoms with E-state index in [2.05, 4.69) is 0 Å². The summed E-state index contributed by atoms with van der Waals surface area (Å²) in [6.07, 6.45) is -4.60. The lowest BCUT2D eigenvalue weighted by Gasteiger charge is -2.15. The molecule has 0 bridgehead atoms. The molecule has 0 spiro atoms. The molecular weight excluding hydrogens is 310 g/mol. The fraction of sp³-hybridized carbons (Fsp3) is 0.143. The van der Waals surface area contributed by atoms with Crippen LogP contribution in [0.4, 0.5) is 17.6 Å². The van der Waals surface area contributed by atoms with Crippen LogP contribution in [0.2, 0.25) is 5.02 Å². The molecule has 0 fully saturated rings. The van der Waals surface area contributed by atoms with Crippen molar-refractivity contribution in [3.8, 4) is 11.5 Å². The Balaban J connectivity index is 2.44. The molecule has 0 atom stereocenters. The normalized spacial score (nSPS) is 11.5. The molecule has 0 amide bonds. The second-order valence-corrected chi connectivity index (χ2v) is 4.62. The van der Waals surface area contributed by atoms with E-state index in [-0.39, 0.29) is 17.3 Å². The number of hydrogen-bond donors (Lipinski definition) is 1. The van der Waals surface area contributed by atoms with Gasteiger partial charge in [-0.15, -0.1) is 0 Å². The summed E-state index contributed by atoms with van der Waals surface area (Å²) < 4.78 is 57.1. The highest BCUT2D eigenvalue weighted by molar-refractivity contribution is 6.32. The zero-order valence-corrected chi connectivity index (χ0v) is 11.3. The van der Waals surface area contributed by atoms with Crippen LogP contribution in [0, 0.1) is 5.82 Å². The summed E-state index contributed by atoms with van der Waals surface area (Å²) in [5.41, 5.74) is 4.69. The summed E-state index contributed by atoms with van der Waals surface area (Å²) in [4.78, 5) is 0. The molecule has 0 aromatic heterocycles. The summed E-state index contributed by atoms with van der Waals surface area (Å²) in [5.74, 6) is -1.10. The van der Waals surface area contributed by atoms with Crippen LogP contribution in [0.1, 0.15) is 11.1 Å². The Morgan fingerprint density at radius 1 is 1.05 bits per heavy atom. The van der Waals surface area contributed by atoms with Gasteiger partial charge in [-0.3, -0.25) is 0 Å². The van der Waals surface area contributed by atoms with Crippen molar-refractivity contribution in [2.24, 2.45) is 5.73 Å². The lowest BCUT2D eigenvalue weighted by molar-refractivity contribution is -0.138. The number of benzene rings is 2. The van der Waals surface area contributed by atoms with E-state index in [0.29, 0.717) is 5.56 Å². The quantitative estimate of drug-likeness (QED) is 0.829. The van der Waals surface area contributed by atoms with Gasteiger partial charge >= 0.3 is 6.18 Å². The second kappa shape index (κ2) is 5.91. The summed E-state index contributed by atoms with van der Waals surface area (Å²) in [7, 11) is 0. The Hall–Kier alpha value is -1.79. The Labute approximate surface area is 123 Å². The van der Waals surface area contributed by atoms with E-state index in [4.69, 9.17) is 22.1 Å². The Kier molecular flexibility index (Phi) is 4.39. The number of ether oxygens (including phenoxy) is 1. The Morgan fingerprint density at radius 3 is 2.29 bits per heavy atom. The van der Waals surface area contributed by atoms with Gasteiger partial charge in [0.1, 0.15) is 17.3 Å². The third-order valence-electron chi connectivity index (χ3n) is 2.70. The molecule has 21 heavy (non-hydrogen) atoms. The highest BCUT2D eigenvalue weighted by Gasteiger charge is 2.35. The average Bonchev–Trinajstić information content (AvgIpc) is 2.41. The number of nitrogens with two attached hydrogens (primary N) is 1. The highest BCUT2D eigenvalue weighted by Crippen LogP contribution is 2.40. The van der Waals surface area contributed by atoms with Gasteiger partial charge in [-0.1, -0.05) is 17.7 Å². The molecule has 0 aliphatic heterocycles. The predicted molar refractivity (Wildman–Crippen MR) is 70.8 cm³/mol. The van der Waals surface area contributed by atoms with Crippen molar-refractivity contribution in [1.82, 2.24) is 0 Å². The van der Waals surface area contributed by atoms with Crippen molar-refractivity contribution in [3.63, 3.8) is 0 Å². The van der Waals surface area contributed by atoms with Crippen LogP contribution in [0.15, 0.2) is 36.4 Å². The average molecular weight is 320 g/mol. The van der Waals surface area contributed by atoms with E-state index in [1.807, 2.05) is 0 Å². The number of hydrogen-bond acceptors (Lipinski definition) is 2. The maximum absolute atomic E-state index is 13.0. The van der Waals surface area contributed by atoms with Gasteiger partial charge in [-0.05, 0) is 35.9 Å². The zero-order valence-electron chi connectivity index (χ0n) is 10.5. The van der Waals surface area contributed by atoms with Gasteiger partial charge in [-0.25, -0.2) is 4.39 Å². The maximum atomic E-state index is 13.0. The molecule has 7 heteroatoms. The first-order valence-electron chi connectivity index (χ1n) is 5.84. The van der Waals surface area contributed by atoms with E-state index in [1.54, 1.807) is 0 Å². The molecule has 0 aliphatic rings. The summed E-state index contributed by atoms with van der Waals surface area (Å²) in [5, 5.41) is -0.119. The summed E-state index contributed by atoms with van der Waals surface area (Å²) in [6, 6.07) is 6.65. The fourth-order valence-corrected chi connectivity index (χ4v) is 1.90. The van der Waals surface area contributed by atoms with Crippen LogP contribution < -0.4 is 10.5 Å². The monoisotopic (exact) mass is 319 g/mol. The standard InChI is InChI=1S/C14H10ClF4NO/c15-11-6-9(16)2-4-13(11)21-12-3-1-8(7-20)5-10(12)14(17,18)19/h1-6H,7,20H2. The van der Waals surface area contributed by atoms with Gasteiger partial charge < -0.3 is 10.5 Å². The highest BCUT2D eigenvalue weighted by atomic mass is 35.5. The minimum Gasteiger partial charge on any atom is -0.455 e. The first kappa shape index (κ1) is 15.6. The molecule has 2 rings (SSSR count). The molecule has 0 heterocycles. The lowest BCUT2D eigenvalue weighted by atomic mass is 10.1. The van der Waals surface area contributed by atoms with E-state index in [0.717, 1.165) is 30.3 Å². The Bertz CT molecular complexity index is 658. The predicted octanol–water partition coefficient (Wildman–Crippen LogP) is 4.75. The number of halogens is 5. The van der Waals surface area contributed by atoms with Crippen LogP contribution >= 0.6 is 11.6 Å². The van der Waals surface area contributed by atoms with E-state index in [9.17, 15) is 17.6 Å². The topological polar surface area (TPSA) is 35.2 Å². The minimum atomic E-state index is -4.60. The van der Waals surface area contributed by atoms with Gasteiger partial charge in [0.2, 0.25) is 0 Å².